The van der Waals surface area contributed by atoms with Gasteiger partial charge in [0, 0.05) is 17.1 Å². The summed E-state index contributed by atoms with van der Waals surface area (Å²) in [6.45, 7) is 7.59. The maximum absolute atomic E-state index is 13.9. The number of hydrogen-bond donors (Lipinski definition) is 0. The van der Waals surface area contributed by atoms with Gasteiger partial charge in [0.05, 0.1) is 24.6 Å². The van der Waals surface area contributed by atoms with Crippen LogP contribution in [0.1, 0.15) is 49.6 Å². The lowest BCUT2D eigenvalue weighted by molar-refractivity contribution is 0.00200. The third-order valence-corrected chi connectivity index (χ3v) is 8.29. The Bertz CT molecular complexity index is 1310. The Kier molecular flexibility index (Phi) is 6.09. The van der Waals surface area contributed by atoms with E-state index >= 15 is 0 Å². The first-order valence-electron chi connectivity index (χ1n) is 11.3. The molecule has 4 aromatic rings. The monoisotopic (exact) mass is 468 g/mol. The predicted molar refractivity (Wildman–Crippen MR) is 131 cm³/mol. The molecule has 4 heterocycles. The Morgan fingerprint density at radius 3 is 2.81 bits per heavy atom. The number of unbranched alkanes of at least 4 members (excludes halogenated alkanes) is 1. The van der Waals surface area contributed by atoms with Crippen molar-refractivity contribution in [3.8, 4) is 0 Å². The molecule has 8 heteroatoms. The van der Waals surface area contributed by atoms with Crippen molar-refractivity contribution in [3.05, 3.63) is 56.7 Å². The molecule has 0 saturated heterocycles. The van der Waals surface area contributed by atoms with Crippen molar-refractivity contribution in [2.75, 3.05) is 5.75 Å². The number of rotatable bonds is 7. The van der Waals surface area contributed by atoms with Gasteiger partial charge in [0.25, 0.3) is 5.56 Å². The van der Waals surface area contributed by atoms with Crippen LogP contribution in [0.4, 0.5) is 0 Å². The maximum atomic E-state index is 13.9. The molecule has 168 valence electrons. The first kappa shape index (κ1) is 21.7. The molecular formula is C24H28N4O2S2. The molecule has 0 saturated carbocycles. The quantitative estimate of drug-likeness (QED) is 0.277. The van der Waals surface area contributed by atoms with Gasteiger partial charge < -0.3 is 4.74 Å². The Labute approximate surface area is 195 Å². The molecule has 1 aromatic carbocycles. The number of thiophene rings is 1. The van der Waals surface area contributed by atoms with Gasteiger partial charge in [-0.25, -0.2) is 4.40 Å². The van der Waals surface area contributed by atoms with E-state index in [1.165, 1.54) is 0 Å². The molecule has 0 amide bonds. The van der Waals surface area contributed by atoms with Crippen LogP contribution in [0.2, 0.25) is 0 Å². The summed E-state index contributed by atoms with van der Waals surface area (Å²) >= 11 is 3.38. The molecule has 1 aliphatic heterocycles. The minimum absolute atomic E-state index is 0.0239. The highest BCUT2D eigenvalue weighted by atomic mass is 32.2. The van der Waals surface area contributed by atoms with Gasteiger partial charge >= 0.3 is 0 Å². The summed E-state index contributed by atoms with van der Waals surface area (Å²) in [5.41, 5.74) is 2.25. The SMILES string of the molecule is CCCCSc1nnc2n(Cc3ccccc3)c(=O)c3c4c(sc3n12)CO[C@@H](C(C)C)C4. The number of hydrogen-bond acceptors (Lipinski definition) is 6. The van der Waals surface area contributed by atoms with Crippen molar-refractivity contribution >= 4 is 39.1 Å². The van der Waals surface area contributed by atoms with Crippen LogP contribution in [0.5, 0.6) is 0 Å². The lowest BCUT2D eigenvalue weighted by Crippen LogP contribution is -2.28. The van der Waals surface area contributed by atoms with Crippen molar-refractivity contribution < 1.29 is 4.74 Å². The van der Waals surface area contributed by atoms with Gasteiger partial charge in [0.2, 0.25) is 5.78 Å². The smallest absolute Gasteiger partial charge is 0.264 e. The topological polar surface area (TPSA) is 61.4 Å². The van der Waals surface area contributed by atoms with Gasteiger partial charge in [-0.15, -0.1) is 21.5 Å². The largest absolute Gasteiger partial charge is 0.372 e. The van der Waals surface area contributed by atoms with E-state index in [0.717, 1.165) is 56.4 Å². The number of nitrogens with zero attached hydrogens (tertiary/aromatic N) is 4. The molecule has 3 aromatic heterocycles. The highest BCUT2D eigenvalue weighted by Crippen LogP contribution is 2.37. The number of aromatic nitrogens is 4. The van der Waals surface area contributed by atoms with Crippen molar-refractivity contribution in [1.82, 2.24) is 19.2 Å². The van der Waals surface area contributed by atoms with Gasteiger partial charge in [-0.1, -0.05) is 69.3 Å². The Morgan fingerprint density at radius 1 is 1.25 bits per heavy atom. The van der Waals surface area contributed by atoms with E-state index < -0.39 is 0 Å². The minimum atomic E-state index is 0.0239. The van der Waals surface area contributed by atoms with Crippen LogP contribution in [-0.4, -0.2) is 31.0 Å². The molecule has 0 unspecified atom stereocenters. The molecule has 1 aliphatic rings. The molecular weight excluding hydrogens is 440 g/mol. The van der Waals surface area contributed by atoms with Crippen molar-refractivity contribution in [2.45, 2.75) is 64.4 Å². The van der Waals surface area contributed by atoms with Crippen LogP contribution in [-0.2, 0) is 24.3 Å². The fraction of sp³-hybridized carbons (Fsp3) is 0.458. The summed E-state index contributed by atoms with van der Waals surface area (Å²) in [4.78, 5) is 16.0. The number of fused-ring (bicyclic) bond motifs is 5. The van der Waals surface area contributed by atoms with Crippen LogP contribution in [0.15, 0.2) is 40.3 Å². The molecule has 0 N–H and O–H groups in total. The summed E-state index contributed by atoms with van der Waals surface area (Å²) < 4.78 is 10.0. The molecule has 0 bridgehead atoms. The fourth-order valence-electron chi connectivity index (χ4n) is 4.23. The minimum Gasteiger partial charge on any atom is -0.372 e. The summed E-state index contributed by atoms with van der Waals surface area (Å²) in [5.74, 6) is 2.01. The molecule has 32 heavy (non-hydrogen) atoms. The van der Waals surface area contributed by atoms with Gasteiger partial charge in [0.15, 0.2) is 5.16 Å². The second kappa shape index (κ2) is 9.00. The zero-order valence-electron chi connectivity index (χ0n) is 18.7. The van der Waals surface area contributed by atoms with Gasteiger partial charge in [-0.3, -0.25) is 9.36 Å². The highest BCUT2D eigenvalue weighted by Gasteiger charge is 2.29. The van der Waals surface area contributed by atoms with E-state index in [2.05, 4.69) is 35.4 Å². The normalized spacial score (nSPS) is 16.3. The van der Waals surface area contributed by atoms with Gasteiger partial charge in [0.1, 0.15) is 4.83 Å². The van der Waals surface area contributed by atoms with E-state index in [0.29, 0.717) is 24.8 Å². The molecule has 5 rings (SSSR count). The third-order valence-electron chi connectivity index (χ3n) is 6.08. The zero-order chi connectivity index (χ0) is 22.2. The number of ether oxygens (including phenoxy) is 1. The van der Waals surface area contributed by atoms with E-state index in [9.17, 15) is 4.79 Å². The van der Waals surface area contributed by atoms with E-state index in [1.807, 2.05) is 30.3 Å². The first-order valence-corrected chi connectivity index (χ1v) is 13.1. The third kappa shape index (κ3) is 3.78. The Hall–Kier alpha value is -2.16. The molecule has 0 fully saturated rings. The summed E-state index contributed by atoms with van der Waals surface area (Å²) in [6, 6.07) is 10.1. The fourth-order valence-corrected chi connectivity index (χ4v) is 6.54. The lowest BCUT2D eigenvalue weighted by Gasteiger charge is -2.26. The predicted octanol–water partition coefficient (Wildman–Crippen LogP) is 5.14. The van der Waals surface area contributed by atoms with Crippen LogP contribution in [0, 0.1) is 5.92 Å². The van der Waals surface area contributed by atoms with Crippen LogP contribution >= 0.6 is 23.1 Å². The van der Waals surface area contributed by atoms with Crippen LogP contribution in [0.25, 0.3) is 16.0 Å². The Morgan fingerprint density at radius 2 is 2.06 bits per heavy atom. The van der Waals surface area contributed by atoms with Crippen molar-refractivity contribution in [1.29, 1.82) is 0 Å². The maximum Gasteiger partial charge on any atom is 0.264 e. The first-order chi connectivity index (χ1) is 15.6. The summed E-state index contributed by atoms with van der Waals surface area (Å²) in [5, 5.41) is 10.7. The van der Waals surface area contributed by atoms with E-state index in [1.54, 1.807) is 27.7 Å². The van der Waals surface area contributed by atoms with Crippen LogP contribution < -0.4 is 5.56 Å². The van der Waals surface area contributed by atoms with E-state index in [-0.39, 0.29) is 11.7 Å². The second-order valence-corrected chi connectivity index (χ2v) is 10.8. The molecule has 0 spiro atoms. The van der Waals surface area contributed by atoms with Gasteiger partial charge in [-0.05, 0) is 23.5 Å². The lowest BCUT2D eigenvalue weighted by atomic mass is 9.96. The van der Waals surface area contributed by atoms with Crippen molar-refractivity contribution in [3.63, 3.8) is 0 Å². The number of thioether (sulfide) groups is 1. The van der Waals surface area contributed by atoms with E-state index in [4.69, 9.17) is 4.74 Å². The average Bonchev–Trinajstić information content (AvgIpc) is 3.38. The summed E-state index contributed by atoms with van der Waals surface area (Å²) in [7, 11) is 0. The van der Waals surface area contributed by atoms with Crippen LogP contribution in [0.3, 0.4) is 0 Å². The molecule has 1 atom stereocenters. The summed E-state index contributed by atoms with van der Waals surface area (Å²) in [6.07, 6.45) is 3.17. The molecule has 0 radical (unpaired) electrons. The molecule has 6 nitrogen and oxygen atoms in total. The van der Waals surface area contributed by atoms with Crippen molar-refractivity contribution in [2.24, 2.45) is 5.92 Å². The standard InChI is InChI=1S/C24H28N4O2S2/c1-4-5-11-31-24-26-25-23-27(13-16-9-7-6-8-10-16)21(29)20-17-12-18(15(2)3)30-14-19(17)32-22(20)28(23)24/h6-10,15,18H,4-5,11-14H2,1-3H3/t18-/m1/s1. The van der Waals surface area contributed by atoms with Gasteiger partial charge in [-0.2, -0.15) is 0 Å². The number of benzene rings is 1. The average molecular weight is 469 g/mol. The second-order valence-electron chi connectivity index (χ2n) is 8.68. The Balaban J connectivity index is 1.74. The molecule has 0 aliphatic carbocycles. The zero-order valence-corrected chi connectivity index (χ0v) is 20.3. The highest BCUT2D eigenvalue weighted by molar-refractivity contribution is 7.99.